The summed E-state index contributed by atoms with van der Waals surface area (Å²) in [6, 6.07) is 8.95. The lowest BCUT2D eigenvalue weighted by atomic mass is 9.78. The Bertz CT molecular complexity index is 681. The SMILES string of the molecule is CCCCCCCc1cnc(-c2ccc(CCC3CCC(CC)CC3)cc2)nc1. The predicted octanol–water partition coefficient (Wildman–Crippen LogP) is 7.81. The molecular weight excluding hydrogens is 352 g/mol. The number of hydrogen-bond acceptors (Lipinski definition) is 2. The number of nitrogens with zero attached hydrogens (tertiary/aromatic N) is 2. The molecule has 2 heteroatoms. The maximum Gasteiger partial charge on any atom is 0.159 e. The van der Waals surface area contributed by atoms with Crippen LogP contribution in [-0.2, 0) is 12.8 Å². The molecule has 1 aromatic heterocycles. The van der Waals surface area contributed by atoms with Crippen LogP contribution < -0.4 is 0 Å². The second-order valence-electron chi connectivity index (χ2n) is 9.11. The lowest BCUT2D eigenvalue weighted by Gasteiger charge is -2.27. The first-order chi connectivity index (χ1) is 14.3. The molecular formula is C27H40N2. The molecule has 0 atom stereocenters. The van der Waals surface area contributed by atoms with Gasteiger partial charge in [-0.25, -0.2) is 9.97 Å². The Hall–Kier alpha value is -1.70. The first-order valence-corrected chi connectivity index (χ1v) is 12.2. The van der Waals surface area contributed by atoms with Gasteiger partial charge in [-0.05, 0) is 48.6 Å². The average molecular weight is 393 g/mol. The van der Waals surface area contributed by atoms with Crippen LogP contribution in [0.25, 0.3) is 11.4 Å². The molecule has 0 radical (unpaired) electrons. The van der Waals surface area contributed by atoms with E-state index in [-0.39, 0.29) is 0 Å². The molecule has 0 N–H and O–H groups in total. The molecule has 1 heterocycles. The second kappa shape index (κ2) is 12.1. The Morgan fingerprint density at radius 2 is 1.38 bits per heavy atom. The Balaban J connectivity index is 1.43. The first-order valence-electron chi connectivity index (χ1n) is 12.2. The molecule has 1 aliphatic carbocycles. The highest BCUT2D eigenvalue weighted by molar-refractivity contribution is 5.55. The van der Waals surface area contributed by atoms with Crippen LogP contribution in [0, 0.1) is 11.8 Å². The van der Waals surface area contributed by atoms with Crippen LogP contribution in [0.15, 0.2) is 36.7 Å². The van der Waals surface area contributed by atoms with E-state index in [9.17, 15) is 0 Å². The van der Waals surface area contributed by atoms with E-state index in [0.717, 1.165) is 29.6 Å². The molecule has 0 aliphatic heterocycles. The minimum atomic E-state index is 0.851. The fourth-order valence-corrected chi connectivity index (χ4v) is 4.69. The second-order valence-corrected chi connectivity index (χ2v) is 9.11. The minimum Gasteiger partial charge on any atom is -0.236 e. The molecule has 1 aliphatic rings. The maximum absolute atomic E-state index is 4.62. The van der Waals surface area contributed by atoms with E-state index in [0.29, 0.717) is 0 Å². The molecule has 0 bridgehead atoms. The van der Waals surface area contributed by atoms with E-state index < -0.39 is 0 Å². The molecule has 1 fully saturated rings. The van der Waals surface area contributed by atoms with Crippen LogP contribution in [0.1, 0.15) is 95.6 Å². The van der Waals surface area contributed by atoms with Crippen molar-refractivity contribution < 1.29 is 0 Å². The van der Waals surface area contributed by atoms with Gasteiger partial charge in [0.2, 0.25) is 0 Å². The summed E-state index contributed by atoms with van der Waals surface area (Å²) in [4.78, 5) is 9.23. The summed E-state index contributed by atoms with van der Waals surface area (Å²) in [5, 5.41) is 0. The molecule has 2 nitrogen and oxygen atoms in total. The van der Waals surface area contributed by atoms with Crippen LogP contribution in [0.4, 0.5) is 0 Å². The molecule has 3 rings (SSSR count). The largest absolute Gasteiger partial charge is 0.236 e. The molecule has 0 unspecified atom stereocenters. The van der Waals surface area contributed by atoms with E-state index in [4.69, 9.17) is 0 Å². The lowest BCUT2D eigenvalue weighted by molar-refractivity contribution is 0.259. The number of hydrogen-bond donors (Lipinski definition) is 0. The molecule has 29 heavy (non-hydrogen) atoms. The van der Waals surface area contributed by atoms with Gasteiger partial charge in [0.25, 0.3) is 0 Å². The van der Waals surface area contributed by atoms with Crippen molar-refractivity contribution in [3.63, 3.8) is 0 Å². The van der Waals surface area contributed by atoms with E-state index in [1.807, 2.05) is 12.4 Å². The molecule has 1 aromatic carbocycles. The average Bonchev–Trinajstić information content (AvgIpc) is 2.79. The van der Waals surface area contributed by atoms with Gasteiger partial charge in [-0.15, -0.1) is 0 Å². The predicted molar refractivity (Wildman–Crippen MR) is 124 cm³/mol. The van der Waals surface area contributed by atoms with E-state index >= 15 is 0 Å². The summed E-state index contributed by atoms with van der Waals surface area (Å²) in [5.41, 5.74) is 3.85. The van der Waals surface area contributed by atoms with Crippen LogP contribution in [0.5, 0.6) is 0 Å². The topological polar surface area (TPSA) is 25.8 Å². The van der Waals surface area contributed by atoms with E-state index in [2.05, 4.69) is 48.1 Å². The molecule has 0 saturated heterocycles. The van der Waals surface area contributed by atoms with Gasteiger partial charge < -0.3 is 0 Å². The normalized spacial score (nSPS) is 19.4. The Morgan fingerprint density at radius 1 is 0.724 bits per heavy atom. The third kappa shape index (κ3) is 7.24. The van der Waals surface area contributed by atoms with E-state index in [1.54, 1.807) is 0 Å². The zero-order valence-corrected chi connectivity index (χ0v) is 18.7. The summed E-state index contributed by atoms with van der Waals surface area (Å²) >= 11 is 0. The van der Waals surface area contributed by atoms with Crippen molar-refractivity contribution in [2.45, 2.75) is 97.3 Å². The summed E-state index contributed by atoms with van der Waals surface area (Å²) in [6.07, 6.45) is 21.4. The summed E-state index contributed by atoms with van der Waals surface area (Å²) in [6.45, 7) is 4.61. The van der Waals surface area contributed by atoms with Crippen LogP contribution in [-0.4, -0.2) is 9.97 Å². The van der Waals surface area contributed by atoms with Gasteiger partial charge >= 0.3 is 0 Å². The molecule has 2 aromatic rings. The lowest BCUT2D eigenvalue weighted by Crippen LogP contribution is -2.14. The fourth-order valence-electron chi connectivity index (χ4n) is 4.69. The summed E-state index contributed by atoms with van der Waals surface area (Å²) < 4.78 is 0. The standard InChI is InChI=1S/C27H40N2/c1-3-5-6-7-8-9-25-20-28-27(29-21-25)26-18-16-24(17-19-26)15-14-23-12-10-22(4-2)11-13-23/h16-23H,3-15H2,1-2H3. The number of rotatable bonds is 11. The van der Waals surface area contributed by atoms with Crippen molar-refractivity contribution in [2.24, 2.45) is 11.8 Å². The van der Waals surface area contributed by atoms with Gasteiger partial charge in [-0.1, -0.05) is 95.9 Å². The number of aromatic nitrogens is 2. The number of unbranched alkanes of at least 4 members (excludes halogenated alkanes) is 4. The highest BCUT2D eigenvalue weighted by atomic mass is 14.9. The van der Waals surface area contributed by atoms with Crippen LogP contribution in [0.3, 0.4) is 0 Å². The van der Waals surface area contributed by atoms with Gasteiger partial charge in [-0.2, -0.15) is 0 Å². The monoisotopic (exact) mass is 392 g/mol. The summed E-state index contributed by atoms with van der Waals surface area (Å²) in [7, 11) is 0. The first kappa shape index (κ1) is 22.0. The van der Waals surface area contributed by atoms with Gasteiger partial charge in [-0.3, -0.25) is 0 Å². The molecule has 0 amide bonds. The summed E-state index contributed by atoms with van der Waals surface area (Å²) in [5.74, 6) is 2.79. The molecule has 158 valence electrons. The van der Waals surface area contributed by atoms with Gasteiger partial charge in [0, 0.05) is 18.0 Å². The van der Waals surface area contributed by atoms with E-state index in [1.165, 1.54) is 88.2 Å². The maximum atomic E-state index is 4.62. The Kier molecular flexibility index (Phi) is 9.18. The van der Waals surface area contributed by atoms with Crippen molar-refractivity contribution in [1.29, 1.82) is 0 Å². The highest BCUT2D eigenvalue weighted by Crippen LogP contribution is 2.33. The van der Waals surface area contributed by atoms with Gasteiger partial charge in [0.15, 0.2) is 5.82 Å². The third-order valence-corrected chi connectivity index (χ3v) is 6.87. The zero-order chi connectivity index (χ0) is 20.3. The highest BCUT2D eigenvalue weighted by Gasteiger charge is 2.19. The van der Waals surface area contributed by atoms with Gasteiger partial charge in [0.05, 0.1) is 0 Å². The molecule has 1 saturated carbocycles. The van der Waals surface area contributed by atoms with Crippen molar-refractivity contribution in [2.75, 3.05) is 0 Å². The number of benzene rings is 1. The Labute approximate surface area is 178 Å². The van der Waals surface area contributed by atoms with Crippen molar-refractivity contribution in [3.05, 3.63) is 47.8 Å². The van der Waals surface area contributed by atoms with Crippen molar-refractivity contribution >= 4 is 0 Å². The van der Waals surface area contributed by atoms with Crippen molar-refractivity contribution in [1.82, 2.24) is 9.97 Å². The minimum absolute atomic E-state index is 0.851. The van der Waals surface area contributed by atoms with Gasteiger partial charge in [0.1, 0.15) is 0 Å². The smallest absolute Gasteiger partial charge is 0.159 e. The fraction of sp³-hybridized carbons (Fsp3) is 0.630. The third-order valence-electron chi connectivity index (χ3n) is 6.87. The number of aryl methyl sites for hydroxylation is 2. The zero-order valence-electron chi connectivity index (χ0n) is 18.7. The van der Waals surface area contributed by atoms with Crippen molar-refractivity contribution in [3.8, 4) is 11.4 Å². The van der Waals surface area contributed by atoms with Crippen LogP contribution in [0.2, 0.25) is 0 Å². The molecule has 0 spiro atoms. The Morgan fingerprint density at radius 3 is 2.03 bits per heavy atom. The van der Waals surface area contributed by atoms with Crippen LogP contribution >= 0.6 is 0 Å². The quantitative estimate of drug-likeness (QED) is 0.364.